The molecule has 13 heavy (non-hydrogen) atoms. The summed E-state index contributed by atoms with van der Waals surface area (Å²) in [5, 5.41) is 8.00. The Hall–Kier alpha value is -1.51. The Morgan fingerprint density at radius 1 is 1.46 bits per heavy atom. The molecule has 0 bridgehead atoms. The highest BCUT2D eigenvalue weighted by Gasteiger charge is 2.08. The maximum atomic E-state index is 5.78. The molecule has 68 valence electrons. The molecular formula is C10H13N3. The number of nitrogens with zero attached hydrogens (tertiary/aromatic N) is 1. The average molecular weight is 175 g/mol. The van der Waals surface area contributed by atoms with Gasteiger partial charge in [-0.1, -0.05) is 13.0 Å². The van der Waals surface area contributed by atoms with Crippen molar-refractivity contribution in [1.82, 2.24) is 10.2 Å². The summed E-state index contributed by atoms with van der Waals surface area (Å²) in [7, 11) is 0. The van der Waals surface area contributed by atoms with Gasteiger partial charge >= 0.3 is 0 Å². The molecule has 0 amide bonds. The van der Waals surface area contributed by atoms with Crippen molar-refractivity contribution < 1.29 is 0 Å². The van der Waals surface area contributed by atoms with Gasteiger partial charge in [0.25, 0.3) is 0 Å². The molecule has 1 aromatic carbocycles. The zero-order valence-corrected chi connectivity index (χ0v) is 7.89. The van der Waals surface area contributed by atoms with Crippen molar-refractivity contribution in [2.24, 2.45) is 0 Å². The lowest BCUT2D eigenvalue weighted by molar-refractivity contribution is 1.13. The summed E-state index contributed by atoms with van der Waals surface area (Å²) in [5.41, 5.74) is 9.38. The normalized spacial score (nSPS) is 10.9. The van der Waals surface area contributed by atoms with Gasteiger partial charge < -0.3 is 5.73 Å². The van der Waals surface area contributed by atoms with E-state index in [4.69, 9.17) is 5.73 Å². The van der Waals surface area contributed by atoms with Crippen molar-refractivity contribution in [2.45, 2.75) is 20.3 Å². The first-order chi connectivity index (χ1) is 6.24. The lowest BCUT2D eigenvalue weighted by Crippen LogP contribution is -1.91. The molecule has 2 rings (SSSR count). The second-order valence-corrected chi connectivity index (χ2v) is 3.25. The van der Waals surface area contributed by atoms with E-state index in [9.17, 15) is 0 Å². The van der Waals surface area contributed by atoms with Gasteiger partial charge in [0.1, 0.15) is 0 Å². The molecular weight excluding hydrogens is 162 g/mol. The fraction of sp³-hybridized carbons (Fsp3) is 0.300. The number of fused-ring (bicyclic) bond motifs is 1. The third kappa shape index (κ3) is 1.08. The minimum atomic E-state index is 0.607. The monoisotopic (exact) mass is 175 g/mol. The lowest BCUT2D eigenvalue weighted by atomic mass is 10.0. The number of rotatable bonds is 1. The smallest absolute Gasteiger partial charge is 0.153 e. The molecule has 1 aromatic heterocycles. The quantitative estimate of drug-likeness (QED) is 0.696. The first-order valence-electron chi connectivity index (χ1n) is 4.46. The van der Waals surface area contributed by atoms with Gasteiger partial charge in [-0.15, -0.1) is 0 Å². The minimum absolute atomic E-state index is 0.607. The number of H-pyrrole nitrogens is 1. The van der Waals surface area contributed by atoms with Gasteiger partial charge in [0, 0.05) is 5.39 Å². The zero-order valence-electron chi connectivity index (χ0n) is 7.89. The Labute approximate surface area is 76.9 Å². The van der Waals surface area contributed by atoms with Crippen LogP contribution in [0.3, 0.4) is 0 Å². The third-order valence-electron chi connectivity index (χ3n) is 2.45. The molecule has 0 fully saturated rings. The van der Waals surface area contributed by atoms with Gasteiger partial charge in [0.05, 0.1) is 5.52 Å². The van der Waals surface area contributed by atoms with Crippen molar-refractivity contribution >= 4 is 16.7 Å². The average Bonchev–Trinajstić information content (AvgIpc) is 2.49. The summed E-state index contributed by atoms with van der Waals surface area (Å²) in [6.45, 7) is 4.24. The van der Waals surface area contributed by atoms with Gasteiger partial charge in [-0.05, 0) is 30.5 Å². The van der Waals surface area contributed by atoms with Crippen LogP contribution in [-0.2, 0) is 6.42 Å². The number of nitrogens with two attached hydrogens (primary N) is 1. The molecule has 3 nitrogen and oxygen atoms in total. The van der Waals surface area contributed by atoms with E-state index in [2.05, 4.69) is 30.1 Å². The van der Waals surface area contributed by atoms with Crippen LogP contribution >= 0.6 is 0 Å². The number of nitrogens with one attached hydrogen (secondary N) is 1. The van der Waals surface area contributed by atoms with Crippen molar-refractivity contribution in [3.63, 3.8) is 0 Å². The number of aryl methyl sites for hydroxylation is 2. The SMILES string of the molecule is CCc1c(C)ccc2[nH]nc(N)c12. The standard InChI is InChI=1S/C10H13N3/c1-3-7-6(2)4-5-8-9(7)10(11)13-12-8/h4-5H,3H2,1-2H3,(H3,11,12,13). The third-order valence-corrected chi connectivity index (χ3v) is 2.45. The maximum absolute atomic E-state index is 5.78. The summed E-state index contributed by atoms with van der Waals surface area (Å²) in [6.07, 6.45) is 0.993. The molecule has 3 heteroatoms. The molecule has 3 N–H and O–H groups in total. The molecule has 0 aliphatic rings. The number of anilines is 1. The zero-order chi connectivity index (χ0) is 9.42. The Balaban J connectivity index is 2.88. The predicted octanol–water partition coefficient (Wildman–Crippen LogP) is 2.02. The van der Waals surface area contributed by atoms with Crippen LogP contribution in [0.15, 0.2) is 12.1 Å². The van der Waals surface area contributed by atoms with Crippen molar-refractivity contribution in [1.29, 1.82) is 0 Å². The molecule has 0 aliphatic carbocycles. The molecule has 0 aliphatic heterocycles. The van der Waals surface area contributed by atoms with Crippen LogP contribution < -0.4 is 5.73 Å². The topological polar surface area (TPSA) is 54.7 Å². The largest absolute Gasteiger partial charge is 0.382 e. The number of hydrogen-bond acceptors (Lipinski definition) is 2. The number of hydrogen-bond donors (Lipinski definition) is 2. The first kappa shape index (κ1) is 8.10. The number of aromatic amines is 1. The van der Waals surface area contributed by atoms with E-state index in [1.165, 1.54) is 11.1 Å². The Morgan fingerprint density at radius 2 is 2.23 bits per heavy atom. The van der Waals surface area contributed by atoms with Crippen LogP contribution in [0.2, 0.25) is 0 Å². The number of nitrogen functional groups attached to an aromatic ring is 1. The summed E-state index contributed by atoms with van der Waals surface area (Å²) in [5.74, 6) is 0.607. The molecule has 0 saturated heterocycles. The molecule has 0 atom stereocenters. The van der Waals surface area contributed by atoms with Crippen LogP contribution in [-0.4, -0.2) is 10.2 Å². The second-order valence-electron chi connectivity index (χ2n) is 3.25. The summed E-state index contributed by atoms with van der Waals surface area (Å²) in [6, 6.07) is 4.12. The number of aromatic nitrogens is 2. The minimum Gasteiger partial charge on any atom is -0.382 e. The maximum Gasteiger partial charge on any atom is 0.153 e. The Morgan fingerprint density at radius 3 is 2.92 bits per heavy atom. The predicted molar refractivity (Wildman–Crippen MR) is 54.6 cm³/mol. The van der Waals surface area contributed by atoms with Crippen LogP contribution in [0, 0.1) is 6.92 Å². The van der Waals surface area contributed by atoms with Crippen LogP contribution in [0.5, 0.6) is 0 Å². The summed E-state index contributed by atoms with van der Waals surface area (Å²) in [4.78, 5) is 0. The van der Waals surface area contributed by atoms with Crippen molar-refractivity contribution in [3.8, 4) is 0 Å². The van der Waals surface area contributed by atoms with Crippen LogP contribution in [0.25, 0.3) is 10.9 Å². The molecule has 0 unspecified atom stereocenters. The Kier molecular flexibility index (Phi) is 1.72. The molecule has 2 aromatic rings. The van der Waals surface area contributed by atoms with E-state index >= 15 is 0 Å². The van der Waals surface area contributed by atoms with Gasteiger partial charge in [-0.25, -0.2) is 0 Å². The van der Waals surface area contributed by atoms with E-state index in [0.29, 0.717) is 5.82 Å². The van der Waals surface area contributed by atoms with Crippen molar-refractivity contribution in [3.05, 3.63) is 23.3 Å². The second kappa shape index (κ2) is 2.76. The van der Waals surface area contributed by atoms with E-state index < -0.39 is 0 Å². The van der Waals surface area contributed by atoms with Gasteiger partial charge in [-0.3, -0.25) is 5.10 Å². The fourth-order valence-corrected chi connectivity index (χ4v) is 1.77. The van der Waals surface area contributed by atoms with E-state index in [1.807, 2.05) is 6.07 Å². The summed E-state index contributed by atoms with van der Waals surface area (Å²) >= 11 is 0. The Bertz CT molecular complexity index is 443. The summed E-state index contributed by atoms with van der Waals surface area (Å²) < 4.78 is 0. The number of benzene rings is 1. The van der Waals surface area contributed by atoms with E-state index in [-0.39, 0.29) is 0 Å². The van der Waals surface area contributed by atoms with Gasteiger partial charge in [0.15, 0.2) is 5.82 Å². The van der Waals surface area contributed by atoms with Crippen LogP contribution in [0.1, 0.15) is 18.1 Å². The molecule has 0 saturated carbocycles. The lowest BCUT2D eigenvalue weighted by Gasteiger charge is -2.03. The van der Waals surface area contributed by atoms with Crippen molar-refractivity contribution in [2.75, 3.05) is 5.73 Å². The van der Waals surface area contributed by atoms with E-state index in [1.54, 1.807) is 0 Å². The van der Waals surface area contributed by atoms with Gasteiger partial charge in [-0.2, -0.15) is 5.10 Å². The highest BCUT2D eigenvalue weighted by Crippen LogP contribution is 2.25. The fourth-order valence-electron chi connectivity index (χ4n) is 1.77. The molecule has 0 spiro atoms. The van der Waals surface area contributed by atoms with E-state index in [0.717, 1.165) is 17.3 Å². The molecule has 0 radical (unpaired) electrons. The first-order valence-corrected chi connectivity index (χ1v) is 4.46. The molecule has 1 heterocycles. The highest BCUT2D eigenvalue weighted by molar-refractivity contribution is 5.92. The highest BCUT2D eigenvalue weighted by atomic mass is 15.1. The van der Waals surface area contributed by atoms with Crippen LogP contribution in [0.4, 0.5) is 5.82 Å². The van der Waals surface area contributed by atoms with Gasteiger partial charge in [0.2, 0.25) is 0 Å².